The number of primary amides is 1. The molecule has 18 heavy (non-hydrogen) atoms. The molecule has 96 valence electrons. The highest BCUT2D eigenvalue weighted by Crippen LogP contribution is 2.24. The average Bonchev–Trinajstić information content (AvgIpc) is 2.46. The van der Waals surface area contributed by atoms with Crippen molar-refractivity contribution in [3.63, 3.8) is 0 Å². The van der Waals surface area contributed by atoms with E-state index in [1.807, 2.05) is 0 Å². The molecule has 1 saturated heterocycles. The Balaban J connectivity index is 2.32. The van der Waals surface area contributed by atoms with Crippen LogP contribution in [0.4, 0.5) is 11.5 Å². The number of amides is 1. The van der Waals surface area contributed by atoms with Gasteiger partial charge in [0.05, 0.1) is 13.2 Å². The molecular weight excluding hydrogens is 232 g/mol. The second-order valence-corrected chi connectivity index (χ2v) is 4.35. The van der Waals surface area contributed by atoms with E-state index in [-0.39, 0.29) is 11.6 Å². The van der Waals surface area contributed by atoms with Crippen molar-refractivity contribution in [1.82, 2.24) is 4.98 Å². The summed E-state index contributed by atoms with van der Waals surface area (Å²) in [6.07, 6.45) is 4.89. The lowest BCUT2D eigenvalue weighted by molar-refractivity contribution is -0.523. The summed E-state index contributed by atoms with van der Waals surface area (Å²) < 4.78 is 0. The van der Waals surface area contributed by atoms with Gasteiger partial charge < -0.3 is 4.90 Å². The fraction of sp³-hybridized carbons (Fsp3) is 0.500. The molecule has 0 aliphatic carbocycles. The molecule has 0 unspecified atom stereocenters. The summed E-state index contributed by atoms with van der Waals surface area (Å²) in [4.78, 5) is 28.8. The number of anilines is 1. The maximum absolute atomic E-state index is 11.7. The van der Waals surface area contributed by atoms with E-state index in [2.05, 4.69) is 15.1 Å². The Morgan fingerprint density at radius 1 is 1.39 bits per heavy atom. The number of carbonyl (C=O) groups is 1. The van der Waals surface area contributed by atoms with Gasteiger partial charge in [-0.25, -0.2) is 9.78 Å². The highest BCUT2D eigenvalue weighted by molar-refractivity contribution is 5.93. The van der Waals surface area contributed by atoms with Gasteiger partial charge in [0, 0.05) is 13.1 Å². The molecule has 0 saturated carbocycles. The summed E-state index contributed by atoms with van der Waals surface area (Å²) in [6.45, 7) is 1.90. The minimum atomic E-state index is -0.190. The van der Waals surface area contributed by atoms with Gasteiger partial charge in [-0.1, -0.05) is 0 Å². The number of quaternary nitrogens is 1. The molecule has 1 aromatic heterocycles. The van der Waals surface area contributed by atoms with Gasteiger partial charge in [-0.3, -0.25) is 5.32 Å². The van der Waals surface area contributed by atoms with E-state index in [1.54, 1.807) is 13.1 Å². The Labute approximate surface area is 105 Å². The summed E-state index contributed by atoms with van der Waals surface area (Å²) in [6, 6.07) is 1.67. The van der Waals surface area contributed by atoms with E-state index in [9.17, 15) is 9.70 Å². The highest BCUT2D eigenvalue weighted by Gasteiger charge is 2.19. The fourth-order valence-electron chi connectivity index (χ4n) is 2.16. The van der Waals surface area contributed by atoms with Crippen molar-refractivity contribution in [1.29, 1.82) is 0 Å². The molecule has 2 N–H and O–H groups in total. The molecule has 0 spiro atoms. The average molecular weight is 249 g/mol. The summed E-state index contributed by atoms with van der Waals surface area (Å²) >= 11 is 0. The van der Waals surface area contributed by atoms with Crippen LogP contribution >= 0.6 is 0 Å². The smallest absolute Gasteiger partial charge is 0.344 e. The maximum Gasteiger partial charge on any atom is 0.344 e. The molecule has 2 rings (SSSR count). The Morgan fingerprint density at radius 2 is 2.11 bits per heavy atom. The number of aromatic nitrogens is 1. The molecule has 1 aliphatic rings. The molecule has 1 aromatic rings. The third-order valence-corrected chi connectivity index (χ3v) is 3.17. The molecule has 1 amide bonds. The Morgan fingerprint density at radius 3 is 2.72 bits per heavy atom. The van der Waals surface area contributed by atoms with Gasteiger partial charge >= 0.3 is 5.91 Å². The predicted octanol–water partition coefficient (Wildman–Crippen LogP) is 0.803. The van der Waals surface area contributed by atoms with Gasteiger partial charge in [-0.2, -0.15) is 0 Å². The molecule has 1 fully saturated rings. The van der Waals surface area contributed by atoms with Crippen LogP contribution in [0.3, 0.4) is 0 Å². The largest absolute Gasteiger partial charge is 0.357 e. The molecule has 2 heterocycles. The quantitative estimate of drug-likeness (QED) is 0.804. The number of hydrogen-bond donors (Lipinski definition) is 1. The van der Waals surface area contributed by atoms with E-state index in [4.69, 9.17) is 0 Å². The van der Waals surface area contributed by atoms with Crippen molar-refractivity contribution >= 4 is 17.4 Å². The Kier molecular flexibility index (Phi) is 3.99. The first kappa shape index (κ1) is 12.6. The summed E-state index contributed by atoms with van der Waals surface area (Å²) in [7, 11) is 1.65. The zero-order valence-corrected chi connectivity index (χ0v) is 10.4. The summed E-state index contributed by atoms with van der Waals surface area (Å²) in [5.74, 6) is 0.567. The van der Waals surface area contributed by atoms with Crippen LogP contribution in [-0.4, -0.2) is 31.0 Å². The van der Waals surface area contributed by atoms with Crippen LogP contribution in [0.2, 0.25) is 0 Å². The minimum absolute atomic E-state index is 0.110. The SMILES string of the molecule is C[NH2+]C(=O)c1cc(N2CCCCC2)ncc1N=O. The second-order valence-electron chi connectivity index (χ2n) is 4.35. The minimum Gasteiger partial charge on any atom is -0.357 e. The normalized spacial score (nSPS) is 15.5. The number of hydrogen-bond acceptors (Lipinski definition) is 5. The second kappa shape index (κ2) is 5.68. The van der Waals surface area contributed by atoms with Crippen molar-refractivity contribution < 1.29 is 10.1 Å². The van der Waals surface area contributed by atoms with E-state index in [0.29, 0.717) is 5.56 Å². The van der Waals surface area contributed by atoms with Crippen LogP contribution in [0.25, 0.3) is 0 Å². The molecule has 0 radical (unpaired) electrons. The van der Waals surface area contributed by atoms with Crippen LogP contribution in [-0.2, 0) is 0 Å². The monoisotopic (exact) mass is 249 g/mol. The van der Waals surface area contributed by atoms with Gasteiger partial charge in [0.25, 0.3) is 0 Å². The van der Waals surface area contributed by atoms with Gasteiger partial charge in [0.15, 0.2) is 0 Å². The zero-order chi connectivity index (χ0) is 13.0. The van der Waals surface area contributed by atoms with Crippen LogP contribution in [0.5, 0.6) is 0 Å². The van der Waals surface area contributed by atoms with Crippen LogP contribution in [0.15, 0.2) is 17.4 Å². The third-order valence-electron chi connectivity index (χ3n) is 3.17. The van der Waals surface area contributed by atoms with Crippen LogP contribution < -0.4 is 10.2 Å². The van der Waals surface area contributed by atoms with E-state index in [1.165, 1.54) is 17.9 Å². The van der Waals surface area contributed by atoms with E-state index in [0.717, 1.165) is 31.7 Å². The highest BCUT2D eigenvalue weighted by atomic mass is 16.3. The number of nitroso groups, excluding NO2 is 1. The number of nitrogens with two attached hydrogens (primary N) is 1. The maximum atomic E-state index is 11.7. The summed E-state index contributed by atoms with van der Waals surface area (Å²) in [5, 5.41) is 4.29. The lowest BCUT2D eigenvalue weighted by Crippen LogP contribution is -2.83. The number of carbonyl (C=O) groups excluding carboxylic acids is 1. The van der Waals surface area contributed by atoms with Crippen LogP contribution in [0, 0.1) is 4.91 Å². The lowest BCUT2D eigenvalue weighted by Gasteiger charge is -2.27. The number of rotatable bonds is 3. The van der Waals surface area contributed by atoms with Crippen molar-refractivity contribution in [2.75, 3.05) is 25.0 Å². The summed E-state index contributed by atoms with van der Waals surface area (Å²) in [5.41, 5.74) is 0.446. The first-order valence-corrected chi connectivity index (χ1v) is 6.18. The molecule has 0 bridgehead atoms. The molecule has 0 aromatic carbocycles. The fourth-order valence-corrected chi connectivity index (χ4v) is 2.16. The van der Waals surface area contributed by atoms with Gasteiger partial charge in [-0.05, 0) is 30.5 Å². The van der Waals surface area contributed by atoms with Gasteiger partial charge in [-0.15, -0.1) is 4.91 Å². The standard InChI is InChI=1S/C12H16N4O2/c1-13-12(17)9-7-11(14-8-10(9)15-18)16-5-3-2-4-6-16/h7-8H,2-6H2,1H3,(H,13,17)/p+1. The van der Waals surface area contributed by atoms with Crippen LogP contribution in [0.1, 0.15) is 29.6 Å². The molecular formula is C12H17N4O2+. The van der Waals surface area contributed by atoms with Gasteiger partial charge in [0.1, 0.15) is 17.1 Å². The first-order valence-electron chi connectivity index (χ1n) is 6.18. The van der Waals surface area contributed by atoms with E-state index >= 15 is 0 Å². The van der Waals surface area contributed by atoms with Crippen molar-refractivity contribution in [2.45, 2.75) is 19.3 Å². The zero-order valence-electron chi connectivity index (χ0n) is 10.4. The Hall–Kier alpha value is -1.82. The molecule has 0 atom stereocenters. The Bertz CT molecular complexity index is 455. The lowest BCUT2D eigenvalue weighted by atomic mass is 10.1. The topological polar surface area (TPSA) is 79.2 Å². The molecule has 1 aliphatic heterocycles. The number of piperidine rings is 1. The van der Waals surface area contributed by atoms with Crippen molar-refractivity contribution in [3.05, 3.63) is 22.7 Å². The predicted molar refractivity (Wildman–Crippen MR) is 67.9 cm³/mol. The number of pyridine rings is 1. The van der Waals surface area contributed by atoms with Gasteiger partial charge in [0.2, 0.25) is 0 Å². The molecule has 6 nitrogen and oxygen atoms in total. The van der Waals surface area contributed by atoms with E-state index < -0.39 is 0 Å². The number of nitrogens with zero attached hydrogens (tertiary/aromatic N) is 3. The van der Waals surface area contributed by atoms with Crippen molar-refractivity contribution in [2.24, 2.45) is 5.18 Å². The van der Waals surface area contributed by atoms with Crippen molar-refractivity contribution in [3.8, 4) is 0 Å². The molecule has 6 heteroatoms. The first-order chi connectivity index (χ1) is 8.76. The third kappa shape index (κ3) is 2.53.